The van der Waals surface area contributed by atoms with Gasteiger partial charge in [-0.05, 0) is 44.4 Å². The van der Waals surface area contributed by atoms with Crippen molar-refractivity contribution in [2.45, 2.75) is 43.5 Å². The lowest BCUT2D eigenvalue weighted by Gasteiger charge is -2.22. The molecule has 0 spiro atoms. The van der Waals surface area contributed by atoms with Crippen LogP contribution in [-0.4, -0.2) is 31.2 Å². The van der Waals surface area contributed by atoms with Crippen molar-refractivity contribution in [3.63, 3.8) is 0 Å². The second-order valence-electron chi connectivity index (χ2n) is 6.35. The number of carbonyl (C=O) groups excluding carboxylic acids is 1. The van der Waals surface area contributed by atoms with Crippen molar-refractivity contribution in [3.05, 3.63) is 52.4 Å². The van der Waals surface area contributed by atoms with E-state index in [1.807, 2.05) is 38.1 Å². The average Bonchev–Trinajstić information content (AvgIpc) is 3.22. The fourth-order valence-corrected chi connectivity index (χ4v) is 6.15. The van der Waals surface area contributed by atoms with E-state index in [4.69, 9.17) is 0 Å². The highest BCUT2D eigenvalue weighted by Crippen LogP contribution is 2.30. The van der Waals surface area contributed by atoms with Gasteiger partial charge in [0.25, 0.3) is 10.0 Å². The van der Waals surface area contributed by atoms with Gasteiger partial charge in [-0.2, -0.15) is 4.31 Å². The molecular weight excluding hydrogens is 356 g/mol. The number of aryl methyl sites for hydroxylation is 2. The maximum atomic E-state index is 12.8. The van der Waals surface area contributed by atoms with Crippen molar-refractivity contribution < 1.29 is 13.2 Å². The van der Waals surface area contributed by atoms with Gasteiger partial charge in [0.05, 0.1) is 0 Å². The predicted molar refractivity (Wildman–Crippen MR) is 99.0 cm³/mol. The van der Waals surface area contributed by atoms with E-state index in [-0.39, 0.29) is 5.91 Å². The molecule has 25 heavy (non-hydrogen) atoms. The summed E-state index contributed by atoms with van der Waals surface area (Å²) in [5, 5.41) is 2.89. The number of hydrogen-bond donors (Lipinski definition) is 1. The molecule has 1 atom stereocenters. The van der Waals surface area contributed by atoms with Crippen LogP contribution in [-0.2, 0) is 21.4 Å². The van der Waals surface area contributed by atoms with Gasteiger partial charge in [-0.25, -0.2) is 8.42 Å². The van der Waals surface area contributed by atoms with Crippen LogP contribution in [0, 0.1) is 13.8 Å². The molecule has 0 radical (unpaired) electrons. The SMILES string of the molecule is Cc1cccc(CNC(=O)[C@H]2CCCN2S(=O)(=O)c2ccc(C)s2)c1. The fraction of sp³-hybridized carbons (Fsp3) is 0.389. The number of carbonyl (C=O) groups is 1. The molecule has 3 rings (SSSR count). The summed E-state index contributed by atoms with van der Waals surface area (Å²) < 4.78 is 27.3. The van der Waals surface area contributed by atoms with Gasteiger partial charge in [0.15, 0.2) is 0 Å². The Balaban J connectivity index is 1.71. The van der Waals surface area contributed by atoms with Crippen LogP contribution in [0.4, 0.5) is 0 Å². The standard InChI is InChI=1S/C18H22N2O3S2/c1-13-5-3-6-15(11-13)12-19-18(21)16-7-4-10-20(16)25(22,23)17-9-8-14(2)24-17/h3,5-6,8-9,11,16H,4,7,10,12H2,1-2H3,(H,19,21)/t16-/m1/s1. The number of sulfonamides is 1. The number of thiophene rings is 1. The Labute approximate surface area is 152 Å². The molecule has 2 aromatic rings. The molecule has 0 bridgehead atoms. The molecule has 134 valence electrons. The van der Waals surface area contributed by atoms with E-state index in [1.54, 1.807) is 12.1 Å². The topological polar surface area (TPSA) is 66.5 Å². The molecule has 0 saturated carbocycles. The fourth-order valence-electron chi connectivity index (χ4n) is 3.09. The lowest BCUT2D eigenvalue weighted by molar-refractivity contribution is -0.124. The third-order valence-corrected chi connectivity index (χ3v) is 7.71. The van der Waals surface area contributed by atoms with E-state index in [1.165, 1.54) is 15.6 Å². The van der Waals surface area contributed by atoms with E-state index in [9.17, 15) is 13.2 Å². The monoisotopic (exact) mass is 378 g/mol. The van der Waals surface area contributed by atoms with Crippen LogP contribution in [0.5, 0.6) is 0 Å². The Hall–Kier alpha value is -1.70. The smallest absolute Gasteiger partial charge is 0.253 e. The van der Waals surface area contributed by atoms with Crippen molar-refractivity contribution in [3.8, 4) is 0 Å². The lowest BCUT2D eigenvalue weighted by Crippen LogP contribution is -2.45. The summed E-state index contributed by atoms with van der Waals surface area (Å²) in [6.45, 7) is 4.67. The van der Waals surface area contributed by atoms with Gasteiger partial charge in [-0.1, -0.05) is 29.8 Å². The highest BCUT2D eigenvalue weighted by molar-refractivity contribution is 7.91. The third kappa shape index (κ3) is 3.94. The summed E-state index contributed by atoms with van der Waals surface area (Å²) in [4.78, 5) is 13.5. The maximum Gasteiger partial charge on any atom is 0.253 e. The normalized spacial score (nSPS) is 18.4. The summed E-state index contributed by atoms with van der Waals surface area (Å²) in [5.74, 6) is -0.226. The molecule has 0 unspecified atom stereocenters. The number of hydrogen-bond acceptors (Lipinski definition) is 4. The second-order valence-corrected chi connectivity index (χ2v) is 9.75. The van der Waals surface area contributed by atoms with Gasteiger partial charge in [0.1, 0.15) is 10.3 Å². The van der Waals surface area contributed by atoms with Crippen LogP contribution in [0.25, 0.3) is 0 Å². The number of nitrogens with one attached hydrogen (secondary N) is 1. The summed E-state index contributed by atoms with van der Waals surface area (Å²) in [7, 11) is -3.61. The molecule has 5 nitrogen and oxygen atoms in total. The zero-order chi connectivity index (χ0) is 18.0. The number of rotatable bonds is 5. The largest absolute Gasteiger partial charge is 0.351 e. The van der Waals surface area contributed by atoms with Crippen LogP contribution in [0.3, 0.4) is 0 Å². The second kappa shape index (κ2) is 7.27. The van der Waals surface area contributed by atoms with Crippen LogP contribution in [0.1, 0.15) is 28.8 Å². The quantitative estimate of drug-likeness (QED) is 0.870. The van der Waals surface area contributed by atoms with Gasteiger partial charge < -0.3 is 5.32 Å². The lowest BCUT2D eigenvalue weighted by atomic mass is 10.1. The van der Waals surface area contributed by atoms with E-state index >= 15 is 0 Å². The minimum Gasteiger partial charge on any atom is -0.351 e. The average molecular weight is 379 g/mol. The first-order valence-corrected chi connectivity index (χ1v) is 10.5. The molecule has 7 heteroatoms. The van der Waals surface area contributed by atoms with Gasteiger partial charge in [0, 0.05) is 18.0 Å². The molecule has 1 aromatic carbocycles. The Kier molecular flexibility index (Phi) is 5.27. The van der Waals surface area contributed by atoms with E-state index < -0.39 is 16.1 Å². The minimum atomic E-state index is -3.61. The van der Waals surface area contributed by atoms with Crippen molar-refractivity contribution in [1.29, 1.82) is 0 Å². The first-order chi connectivity index (χ1) is 11.9. The molecule has 1 amide bonds. The zero-order valence-electron chi connectivity index (χ0n) is 14.4. The molecule has 0 aliphatic carbocycles. The van der Waals surface area contributed by atoms with Crippen LogP contribution >= 0.6 is 11.3 Å². The van der Waals surface area contributed by atoms with Gasteiger partial charge in [0.2, 0.25) is 5.91 Å². The molecule has 1 aliphatic rings. The highest BCUT2D eigenvalue weighted by atomic mass is 32.2. The van der Waals surface area contributed by atoms with Crippen molar-refractivity contribution in [2.75, 3.05) is 6.54 Å². The van der Waals surface area contributed by atoms with E-state index in [0.717, 1.165) is 16.0 Å². The molecule has 1 aromatic heterocycles. The molecule has 1 N–H and O–H groups in total. The molecule has 1 fully saturated rings. The number of benzene rings is 1. The van der Waals surface area contributed by atoms with Crippen LogP contribution in [0.2, 0.25) is 0 Å². The van der Waals surface area contributed by atoms with Crippen molar-refractivity contribution in [2.24, 2.45) is 0 Å². The summed E-state index contributed by atoms with van der Waals surface area (Å²) in [6.07, 6.45) is 1.26. The van der Waals surface area contributed by atoms with Crippen LogP contribution in [0.15, 0.2) is 40.6 Å². The highest BCUT2D eigenvalue weighted by Gasteiger charge is 2.39. The van der Waals surface area contributed by atoms with E-state index in [2.05, 4.69) is 5.32 Å². The Bertz CT molecular complexity index is 874. The Morgan fingerprint density at radius 3 is 2.76 bits per heavy atom. The van der Waals surface area contributed by atoms with Gasteiger partial charge >= 0.3 is 0 Å². The summed E-state index contributed by atoms with van der Waals surface area (Å²) in [5.41, 5.74) is 2.14. The van der Waals surface area contributed by atoms with E-state index in [0.29, 0.717) is 30.1 Å². The van der Waals surface area contributed by atoms with Crippen molar-refractivity contribution in [1.82, 2.24) is 9.62 Å². The molecule has 2 heterocycles. The zero-order valence-corrected chi connectivity index (χ0v) is 16.0. The predicted octanol–water partition coefficient (Wildman–Crippen LogP) is 2.83. The van der Waals surface area contributed by atoms with Crippen LogP contribution < -0.4 is 5.32 Å². The Morgan fingerprint density at radius 1 is 1.28 bits per heavy atom. The Morgan fingerprint density at radius 2 is 2.08 bits per heavy atom. The third-order valence-electron chi connectivity index (χ3n) is 4.33. The summed E-state index contributed by atoms with van der Waals surface area (Å²) in [6, 6.07) is 10.7. The first-order valence-electron chi connectivity index (χ1n) is 8.29. The summed E-state index contributed by atoms with van der Waals surface area (Å²) >= 11 is 1.25. The first kappa shape index (κ1) is 18.1. The molecule has 1 saturated heterocycles. The van der Waals surface area contributed by atoms with Crippen molar-refractivity contribution >= 4 is 27.3 Å². The maximum absolute atomic E-state index is 12.8. The number of amides is 1. The minimum absolute atomic E-state index is 0.226. The molecular formula is C18H22N2O3S2. The number of nitrogens with zero attached hydrogens (tertiary/aromatic N) is 1. The van der Waals surface area contributed by atoms with Gasteiger partial charge in [-0.3, -0.25) is 4.79 Å². The van der Waals surface area contributed by atoms with Gasteiger partial charge in [-0.15, -0.1) is 11.3 Å². The molecule has 1 aliphatic heterocycles.